The summed E-state index contributed by atoms with van der Waals surface area (Å²) in [6.45, 7) is -0.266. The van der Waals surface area contributed by atoms with E-state index in [9.17, 15) is 9.59 Å². The molecule has 0 aliphatic rings. The van der Waals surface area contributed by atoms with Gasteiger partial charge in [0.2, 0.25) is 0 Å². The molecule has 0 saturated heterocycles. The van der Waals surface area contributed by atoms with Gasteiger partial charge in [-0.3, -0.25) is 20.4 Å². The fourth-order valence-corrected chi connectivity index (χ4v) is 2.37. The Labute approximate surface area is 135 Å². The number of benzene rings is 1. The van der Waals surface area contributed by atoms with Gasteiger partial charge in [0, 0.05) is 0 Å². The van der Waals surface area contributed by atoms with Crippen LogP contribution in [0.2, 0.25) is 4.34 Å². The third-order valence-electron chi connectivity index (χ3n) is 2.47. The van der Waals surface area contributed by atoms with Gasteiger partial charge in [-0.1, -0.05) is 11.6 Å². The first kappa shape index (κ1) is 15.8. The van der Waals surface area contributed by atoms with E-state index in [4.69, 9.17) is 21.6 Å². The lowest BCUT2D eigenvalue weighted by Gasteiger charge is -2.08. The van der Waals surface area contributed by atoms with Crippen molar-refractivity contribution in [2.75, 3.05) is 6.61 Å². The van der Waals surface area contributed by atoms with E-state index in [1.807, 2.05) is 6.07 Å². The standard InChI is InChI=1S/C14H10ClN3O3S/c15-12-6-5-11(22-12)14(20)18-17-13(19)8-21-10-3-1-9(7-16)2-4-10/h1-6H,8H2,(H,17,19)(H,18,20). The molecule has 0 unspecified atom stereocenters. The zero-order valence-corrected chi connectivity index (χ0v) is 12.7. The number of ether oxygens (including phenoxy) is 1. The van der Waals surface area contributed by atoms with Crippen LogP contribution in [0.25, 0.3) is 0 Å². The van der Waals surface area contributed by atoms with Crippen LogP contribution in [0.15, 0.2) is 36.4 Å². The van der Waals surface area contributed by atoms with Crippen LogP contribution in [0.5, 0.6) is 5.75 Å². The maximum atomic E-state index is 11.7. The number of hydrogen-bond donors (Lipinski definition) is 2. The summed E-state index contributed by atoms with van der Waals surface area (Å²) in [5.41, 5.74) is 4.99. The van der Waals surface area contributed by atoms with Crippen molar-refractivity contribution in [2.45, 2.75) is 0 Å². The Hall–Kier alpha value is -2.56. The van der Waals surface area contributed by atoms with Crippen LogP contribution in [0, 0.1) is 11.3 Å². The smallest absolute Gasteiger partial charge is 0.279 e. The Bertz CT molecular complexity index is 722. The van der Waals surface area contributed by atoms with Crippen LogP contribution in [0.3, 0.4) is 0 Å². The highest BCUT2D eigenvalue weighted by Crippen LogP contribution is 2.20. The Morgan fingerprint density at radius 1 is 1.18 bits per heavy atom. The van der Waals surface area contributed by atoms with E-state index in [1.54, 1.807) is 36.4 Å². The van der Waals surface area contributed by atoms with E-state index in [0.29, 0.717) is 20.5 Å². The Kier molecular flexibility index (Phi) is 5.36. The van der Waals surface area contributed by atoms with Gasteiger partial charge in [-0.15, -0.1) is 11.3 Å². The quantitative estimate of drug-likeness (QED) is 0.837. The van der Waals surface area contributed by atoms with Gasteiger partial charge in [0.05, 0.1) is 20.8 Å². The summed E-state index contributed by atoms with van der Waals surface area (Å²) < 4.78 is 5.70. The van der Waals surface area contributed by atoms with Crippen molar-refractivity contribution >= 4 is 34.8 Å². The minimum Gasteiger partial charge on any atom is -0.484 e. The number of carbonyl (C=O) groups excluding carboxylic acids is 2. The van der Waals surface area contributed by atoms with Gasteiger partial charge in [-0.05, 0) is 36.4 Å². The highest BCUT2D eigenvalue weighted by atomic mass is 35.5. The van der Waals surface area contributed by atoms with Crippen LogP contribution < -0.4 is 15.6 Å². The summed E-state index contributed by atoms with van der Waals surface area (Å²) in [5, 5.41) is 8.66. The first-order chi connectivity index (χ1) is 10.6. The molecule has 22 heavy (non-hydrogen) atoms. The molecule has 8 heteroatoms. The molecule has 0 aliphatic heterocycles. The number of rotatable bonds is 4. The molecular weight excluding hydrogens is 326 g/mol. The number of nitriles is 1. The second-order valence-corrected chi connectivity index (χ2v) is 5.75. The minimum absolute atomic E-state index is 0.266. The predicted molar refractivity (Wildman–Crippen MR) is 81.6 cm³/mol. The SMILES string of the molecule is N#Cc1ccc(OCC(=O)NNC(=O)c2ccc(Cl)s2)cc1. The van der Waals surface area contributed by atoms with Crippen molar-refractivity contribution in [1.29, 1.82) is 5.26 Å². The summed E-state index contributed by atoms with van der Waals surface area (Å²) in [6, 6.07) is 11.5. The second-order valence-electron chi connectivity index (χ2n) is 4.03. The van der Waals surface area contributed by atoms with Crippen molar-refractivity contribution in [3.63, 3.8) is 0 Å². The first-order valence-electron chi connectivity index (χ1n) is 6.06. The summed E-state index contributed by atoms with van der Waals surface area (Å²) in [7, 11) is 0. The zero-order chi connectivity index (χ0) is 15.9. The number of nitrogens with one attached hydrogen (secondary N) is 2. The number of halogens is 1. The van der Waals surface area contributed by atoms with Crippen LogP contribution in [0.4, 0.5) is 0 Å². The summed E-state index contributed by atoms with van der Waals surface area (Å²) in [4.78, 5) is 23.6. The average Bonchev–Trinajstić information content (AvgIpc) is 2.97. The molecule has 112 valence electrons. The first-order valence-corrected chi connectivity index (χ1v) is 7.25. The maximum Gasteiger partial charge on any atom is 0.279 e. The van der Waals surface area contributed by atoms with Crippen molar-refractivity contribution in [3.8, 4) is 11.8 Å². The van der Waals surface area contributed by atoms with E-state index in [2.05, 4.69) is 10.9 Å². The molecule has 0 saturated carbocycles. The van der Waals surface area contributed by atoms with Gasteiger partial charge in [-0.2, -0.15) is 5.26 Å². The highest BCUT2D eigenvalue weighted by molar-refractivity contribution is 7.17. The van der Waals surface area contributed by atoms with Gasteiger partial charge in [0.25, 0.3) is 11.8 Å². The minimum atomic E-state index is -0.514. The largest absolute Gasteiger partial charge is 0.484 e. The molecule has 1 aromatic carbocycles. The van der Waals surface area contributed by atoms with Gasteiger partial charge in [-0.25, -0.2) is 0 Å². The molecule has 2 N–H and O–H groups in total. The number of thiophene rings is 1. The molecule has 2 rings (SSSR count). The molecule has 0 spiro atoms. The van der Waals surface area contributed by atoms with E-state index < -0.39 is 11.8 Å². The molecule has 2 aromatic rings. The van der Waals surface area contributed by atoms with Crippen LogP contribution in [-0.2, 0) is 4.79 Å². The van der Waals surface area contributed by atoms with Crippen LogP contribution in [-0.4, -0.2) is 18.4 Å². The van der Waals surface area contributed by atoms with E-state index in [0.717, 1.165) is 11.3 Å². The Morgan fingerprint density at radius 2 is 1.91 bits per heavy atom. The van der Waals surface area contributed by atoms with Crippen molar-refractivity contribution in [3.05, 3.63) is 51.2 Å². The number of carbonyl (C=O) groups is 2. The third-order valence-corrected chi connectivity index (χ3v) is 3.70. The lowest BCUT2D eigenvalue weighted by atomic mass is 10.2. The molecular formula is C14H10ClN3O3S. The highest BCUT2D eigenvalue weighted by Gasteiger charge is 2.10. The maximum absolute atomic E-state index is 11.7. The summed E-state index contributed by atoms with van der Waals surface area (Å²) in [6.07, 6.45) is 0. The molecule has 0 fully saturated rings. The topological polar surface area (TPSA) is 91.2 Å². The van der Waals surface area contributed by atoms with E-state index in [-0.39, 0.29) is 6.61 Å². The number of nitrogens with zero attached hydrogens (tertiary/aromatic N) is 1. The van der Waals surface area contributed by atoms with Gasteiger partial charge >= 0.3 is 0 Å². The molecule has 0 atom stereocenters. The fraction of sp³-hybridized carbons (Fsp3) is 0.0714. The van der Waals surface area contributed by atoms with Crippen LogP contribution >= 0.6 is 22.9 Å². The molecule has 6 nitrogen and oxygen atoms in total. The molecule has 2 amide bonds. The lowest BCUT2D eigenvalue weighted by molar-refractivity contribution is -0.123. The van der Waals surface area contributed by atoms with Gasteiger partial charge < -0.3 is 4.74 Å². The van der Waals surface area contributed by atoms with E-state index >= 15 is 0 Å². The van der Waals surface area contributed by atoms with Crippen molar-refractivity contribution in [1.82, 2.24) is 10.9 Å². The molecule has 0 bridgehead atoms. The fourth-order valence-electron chi connectivity index (χ4n) is 1.44. The van der Waals surface area contributed by atoms with Gasteiger partial charge in [0.15, 0.2) is 6.61 Å². The normalized spacial score (nSPS) is 9.64. The van der Waals surface area contributed by atoms with E-state index in [1.165, 1.54) is 0 Å². The summed E-state index contributed by atoms with van der Waals surface area (Å²) in [5.74, 6) is -0.519. The predicted octanol–water partition coefficient (Wildman–Crippen LogP) is 2.11. The average molecular weight is 336 g/mol. The second kappa shape index (κ2) is 7.45. The number of hydrogen-bond acceptors (Lipinski definition) is 5. The Morgan fingerprint density at radius 3 is 2.50 bits per heavy atom. The Balaban J connectivity index is 1.76. The van der Waals surface area contributed by atoms with Crippen LogP contribution in [0.1, 0.15) is 15.2 Å². The lowest BCUT2D eigenvalue weighted by Crippen LogP contribution is -2.43. The molecule has 0 radical (unpaired) electrons. The monoisotopic (exact) mass is 335 g/mol. The third kappa shape index (κ3) is 4.48. The van der Waals surface area contributed by atoms with Gasteiger partial charge in [0.1, 0.15) is 5.75 Å². The zero-order valence-electron chi connectivity index (χ0n) is 11.1. The molecule has 0 aliphatic carbocycles. The number of amides is 2. The van der Waals surface area contributed by atoms with Crippen molar-refractivity contribution in [2.24, 2.45) is 0 Å². The number of hydrazine groups is 1. The molecule has 1 aromatic heterocycles. The summed E-state index contributed by atoms with van der Waals surface area (Å²) >= 11 is 6.82. The molecule has 1 heterocycles. The van der Waals surface area contributed by atoms with Crippen molar-refractivity contribution < 1.29 is 14.3 Å².